The van der Waals surface area contributed by atoms with Crippen LogP contribution in [0, 0.1) is 0 Å². The van der Waals surface area contributed by atoms with Crippen LogP contribution >= 0.6 is 0 Å². The molecule has 0 atom stereocenters. The summed E-state index contributed by atoms with van der Waals surface area (Å²) in [7, 11) is 0. The number of benzene rings is 1. The predicted molar refractivity (Wildman–Crippen MR) is 70.3 cm³/mol. The molecular formula is C14H20O3. The van der Waals surface area contributed by atoms with Crippen LogP contribution in [0.2, 0.25) is 0 Å². The fourth-order valence-corrected chi connectivity index (χ4v) is 1.16. The number of para-hydroxylation sites is 1. The minimum absolute atomic E-state index is 0.0359. The Bertz CT molecular complexity index is 410. The first-order chi connectivity index (χ1) is 8.19. The van der Waals surface area contributed by atoms with E-state index in [9.17, 15) is 4.79 Å². The number of ketones is 1. The van der Waals surface area contributed by atoms with Crippen LogP contribution in [0.15, 0.2) is 34.7 Å². The quantitative estimate of drug-likeness (QED) is 0.769. The van der Waals surface area contributed by atoms with Gasteiger partial charge in [-0.15, -0.1) is 0 Å². The number of furan rings is 1. The summed E-state index contributed by atoms with van der Waals surface area (Å²) in [5.41, 5.74) is 0.766. The first-order valence-corrected chi connectivity index (χ1v) is 5.79. The van der Waals surface area contributed by atoms with Gasteiger partial charge in [0.25, 0.3) is 0 Å². The van der Waals surface area contributed by atoms with Crippen molar-refractivity contribution < 1.29 is 14.3 Å². The molecule has 1 aromatic heterocycles. The van der Waals surface area contributed by atoms with Crippen molar-refractivity contribution in [2.45, 2.75) is 27.7 Å². The number of aliphatic hydroxyl groups excluding tert-OH is 1. The van der Waals surface area contributed by atoms with Crippen LogP contribution in [0.5, 0.6) is 0 Å². The second-order valence-electron chi connectivity index (χ2n) is 3.02. The SMILES string of the molecule is CC.CC(=O)c1cc2ccccc2o1.CCO. The van der Waals surface area contributed by atoms with Crippen molar-refractivity contribution in [1.82, 2.24) is 0 Å². The molecule has 0 bridgehead atoms. The van der Waals surface area contributed by atoms with Gasteiger partial charge >= 0.3 is 0 Å². The van der Waals surface area contributed by atoms with E-state index in [0.29, 0.717) is 5.76 Å². The van der Waals surface area contributed by atoms with Crippen LogP contribution in [0.3, 0.4) is 0 Å². The molecule has 0 spiro atoms. The smallest absolute Gasteiger partial charge is 0.194 e. The third-order valence-electron chi connectivity index (χ3n) is 1.77. The molecule has 0 saturated heterocycles. The molecule has 3 heteroatoms. The van der Waals surface area contributed by atoms with Gasteiger partial charge < -0.3 is 9.52 Å². The van der Waals surface area contributed by atoms with Gasteiger partial charge in [0, 0.05) is 18.9 Å². The number of carbonyl (C=O) groups excluding carboxylic acids is 1. The Morgan fingerprint density at radius 1 is 1.29 bits per heavy atom. The Balaban J connectivity index is 0.000000450. The lowest BCUT2D eigenvalue weighted by molar-refractivity contribution is 0.0989. The molecule has 2 rings (SSSR count). The highest BCUT2D eigenvalue weighted by atomic mass is 16.3. The molecule has 0 fully saturated rings. The zero-order chi connectivity index (χ0) is 13.3. The third-order valence-corrected chi connectivity index (χ3v) is 1.77. The largest absolute Gasteiger partial charge is 0.453 e. The van der Waals surface area contributed by atoms with Gasteiger partial charge in [-0.25, -0.2) is 0 Å². The van der Waals surface area contributed by atoms with Crippen LogP contribution in [-0.2, 0) is 0 Å². The summed E-state index contributed by atoms with van der Waals surface area (Å²) in [5.74, 6) is 0.391. The highest BCUT2D eigenvalue weighted by molar-refractivity contribution is 5.95. The molecule has 0 unspecified atom stereocenters. The van der Waals surface area contributed by atoms with E-state index in [-0.39, 0.29) is 12.4 Å². The summed E-state index contributed by atoms with van der Waals surface area (Å²) in [6, 6.07) is 9.34. The minimum Gasteiger partial charge on any atom is -0.453 e. The monoisotopic (exact) mass is 236 g/mol. The topological polar surface area (TPSA) is 50.4 Å². The van der Waals surface area contributed by atoms with Gasteiger partial charge in [0.2, 0.25) is 0 Å². The van der Waals surface area contributed by atoms with E-state index in [1.165, 1.54) is 6.92 Å². The van der Waals surface area contributed by atoms with Crippen LogP contribution in [0.4, 0.5) is 0 Å². The summed E-state index contributed by atoms with van der Waals surface area (Å²) in [6.07, 6.45) is 0. The highest BCUT2D eigenvalue weighted by Crippen LogP contribution is 2.18. The predicted octanol–water partition coefficient (Wildman–Crippen LogP) is 3.66. The summed E-state index contributed by atoms with van der Waals surface area (Å²) < 4.78 is 5.28. The number of carbonyl (C=O) groups is 1. The molecule has 0 aliphatic heterocycles. The summed E-state index contributed by atoms with van der Waals surface area (Å²) in [6.45, 7) is 7.43. The van der Waals surface area contributed by atoms with Crippen molar-refractivity contribution in [3.63, 3.8) is 0 Å². The van der Waals surface area contributed by atoms with Crippen molar-refractivity contribution >= 4 is 16.8 Å². The lowest BCUT2D eigenvalue weighted by Crippen LogP contribution is -1.85. The van der Waals surface area contributed by atoms with Gasteiger partial charge in [-0.3, -0.25) is 4.79 Å². The Morgan fingerprint density at radius 3 is 2.29 bits per heavy atom. The van der Waals surface area contributed by atoms with Gasteiger partial charge in [0.15, 0.2) is 11.5 Å². The number of fused-ring (bicyclic) bond motifs is 1. The van der Waals surface area contributed by atoms with Crippen molar-refractivity contribution in [2.24, 2.45) is 0 Å². The molecule has 1 heterocycles. The van der Waals surface area contributed by atoms with Crippen molar-refractivity contribution in [3.8, 4) is 0 Å². The first kappa shape index (κ1) is 15.4. The maximum atomic E-state index is 10.9. The molecule has 2 aromatic rings. The highest BCUT2D eigenvalue weighted by Gasteiger charge is 2.05. The second-order valence-corrected chi connectivity index (χ2v) is 3.02. The number of rotatable bonds is 1. The molecule has 0 aliphatic rings. The molecule has 17 heavy (non-hydrogen) atoms. The zero-order valence-corrected chi connectivity index (χ0v) is 10.9. The van der Waals surface area contributed by atoms with Crippen molar-refractivity contribution in [3.05, 3.63) is 36.1 Å². The maximum absolute atomic E-state index is 10.9. The number of Topliss-reactive ketones (excluding diaryl/α,β-unsaturated/α-hetero) is 1. The summed E-state index contributed by atoms with van der Waals surface area (Å²) in [4.78, 5) is 10.9. The first-order valence-electron chi connectivity index (χ1n) is 5.79. The molecule has 3 nitrogen and oxygen atoms in total. The van der Waals surface area contributed by atoms with E-state index < -0.39 is 0 Å². The van der Waals surface area contributed by atoms with E-state index in [1.807, 2.05) is 38.1 Å². The van der Waals surface area contributed by atoms with Crippen LogP contribution in [-0.4, -0.2) is 17.5 Å². The normalized spacial score (nSPS) is 8.76. The molecule has 1 N–H and O–H groups in total. The van der Waals surface area contributed by atoms with E-state index in [1.54, 1.807) is 13.0 Å². The molecule has 0 aliphatic carbocycles. The van der Waals surface area contributed by atoms with E-state index in [0.717, 1.165) is 11.0 Å². The average molecular weight is 236 g/mol. The van der Waals surface area contributed by atoms with Crippen molar-refractivity contribution in [2.75, 3.05) is 6.61 Å². The fourth-order valence-electron chi connectivity index (χ4n) is 1.16. The van der Waals surface area contributed by atoms with Crippen LogP contribution in [0.1, 0.15) is 38.2 Å². The number of aliphatic hydroxyl groups is 1. The van der Waals surface area contributed by atoms with Crippen LogP contribution < -0.4 is 0 Å². The fraction of sp³-hybridized carbons (Fsp3) is 0.357. The molecular weight excluding hydrogens is 216 g/mol. The van der Waals surface area contributed by atoms with Gasteiger partial charge in [-0.2, -0.15) is 0 Å². The van der Waals surface area contributed by atoms with Gasteiger partial charge in [-0.1, -0.05) is 32.0 Å². The van der Waals surface area contributed by atoms with Gasteiger partial charge in [0.05, 0.1) is 0 Å². The average Bonchev–Trinajstić information content (AvgIpc) is 2.76. The van der Waals surface area contributed by atoms with Crippen LogP contribution in [0.25, 0.3) is 11.0 Å². The standard InChI is InChI=1S/C10H8O2.C2H6O.C2H6/c1-7(11)10-6-8-4-2-3-5-9(8)12-10;1-2-3;1-2/h2-6H,1H3;3H,2H2,1H3;1-2H3. The van der Waals surface area contributed by atoms with E-state index >= 15 is 0 Å². The number of hydrogen-bond acceptors (Lipinski definition) is 3. The zero-order valence-electron chi connectivity index (χ0n) is 10.9. The lowest BCUT2D eigenvalue weighted by Gasteiger charge is -1.83. The van der Waals surface area contributed by atoms with Gasteiger partial charge in [-0.05, 0) is 19.1 Å². The number of hydrogen-bond donors (Lipinski definition) is 1. The van der Waals surface area contributed by atoms with E-state index in [4.69, 9.17) is 9.52 Å². The minimum atomic E-state index is -0.0359. The molecule has 94 valence electrons. The van der Waals surface area contributed by atoms with Gasteiger partial charge in [0.1, 0.15) is 5.58 Å². The third kappa shape index (κ3) is 4.83. The molecule has 1 aromatic carbocycles. The second kappa shape index (κ2) is 8.53. The maximum Gasteiger partial charge on any atom is 0.194 e. The Labute approximate surface area is 102 Å². The Hall–Kier alpha value is -1.61. The lowest BCUT2D eigenvalue weighted by atomic mass is 10.2. The van der Waals surface area contributed by atoms with E-state index in [2.05, 4.69) is 0 Å². The van der Waals surface area contributed by atoms with Crippen molar-refractivity contribution in [1.29, 1.82) is 0 Å². The Morgan fingerprint density at radius 2 is 1.82 bits per heavy atom. The molecule has 0 amide bonds. The summed E-state index contributed by atoms with van der Waals surface area (Å²) in [5, 5.41) is 8.54. The summed E-state index contributed by atoms with van der Waals surface area (Å²) >= 11 is 0. The Kier molecular flexibility index (Phi) is 7.72. The molecule has 0 radical (unpaired) electrons. The molecule has 0 saturated carbocycles.